The van der Waals surface area contributed by atoms with Gasteiger partial charge < -0.3 is 9.47 Å². The molecule has 1 aliphatic heterocycles. The molecule has 1 heterocycles. The van der Waals surface area contributed by atoms with Crippen molar-refractivity contribution >= 4 is 77.3 Å². The average Bonchev–Trinajstić information content (AvgIpc) is 3.10. The number of carbonyl (C=O) groups excluding carboxylic acids is 5. The zero-order valence-corrected chi connectivity index (χ0v) is 24.2. The van der Waals surface area contributed by atoms with Crippen LogP contribution in [0.1, 0.15) is 40.0 Å². The zero-order valence-electron chi connectivity index (χ0n) is 19.4. The quantitative estimate of drug-likeness (QED) is 0.129. The number of nitrogens with zero attached hydrogens (tertiary/aromatic N) is 1. The van der Waals surface area contributed by atoms with Crippen LogP contribution in [0.25, 0.3) is 0 Å². The Bertz CT molecular complexity index is 1190. The Morgan fingerprint density at radius 2 is 1.38 bits per heavy atom. The Balaban J connectivity index is 1.23. The molecule has 2 fully saturated rings. The predicted octanol–water partition coefficient (Wildman–Crippen LogP) is 4.71. The highest BCUT2D eigenvalue weighted by molar-refractivity contribution is 9.12. The number of likely N-dealkylation sites (tertiary alicyclic amines) is 1. The van der Waals surface area contributed by atoms with Gasteiger partial charge in [-0.1, -0.05) is 47.8 Å². The van der Waals surface area contributed by atoms with Crippen LogP contribution in [0.5, 0.6) is 5.75 Å². The van der Waals surface area contributed by atoms with Crippen LogP contribution >= 0.6 is 47.8 Å². The summed E-state index contributed by atoms with van der Waals surface area (Å²) in [5.41, 5.74) is 0.657. The van der Waals surface area contributed by atoms with Crippen molar-refractivity contribution in [2.45, 2.75) is 28.9 Å². The van der Waals surface area contributed by atoms with Crippen LogP contribution in [-0.4, -0.2) is 57.2 Å². The van der Waals surface area contributed by atoms with Crippen LogP contribution in [0, 0.1) is 11.8 Å². The molecule has 2 aromatic carbocycles. The van der Waals surface area contributed by atoms with E-state index in [4.69, 9.17) is 9.47 Å². The molecule has 0 aromatic heterocycles. The second-order valence-electron chi connectivity index (χ2n) is 8.80. The summed E-state index contributed by atoms with van der Waals surface area (Å²) in [6.45, 7) is -0.559. The molecule has 2 aromatic rings. The maximum Gasteiger partial charge on any atom is 0.343 e. The second-order valence-corrected chi connectivity index (χ2v) is 12.1. The minimum atomic E-state index is -0.680. The molecule has 2 amide bonds. The topological polar surface area (TPSA) is 107 Å². The number of benzene rings is 2. The third-order valence-corrected chi connectivity index (χ3v) is 9.64. The maximum atomic E-state index is 12.7. The van der Waals surface area contributed by atoms with Gasteiger partial charge in [-0.15, -0.1) is 0 Å². The van der Waals surface area contributed by atoms with E-state index >= 15 is 0 Å². The number of ether oxygens (including phenoxy) is 2. The molecule has 0 N–H and O–H groups in total. The van der Waals surface area contributed by atoms with Crippen molar-refractivity contribution in [3.05, 3.63) is 64.1 Å². The first-order valence-electron chi connectivity index (χ1n) is 11.5. The largest absolute Gasteiger partial charge is 0.457 e. The molecule has 4 unspecified atom stereocenters. The van der Waals surface area contributed by atoms with Gasteiger partial charge in [0.15, 0.2) is 12.4 Å². The molecular weight excluding hydrogens is 678 g/mol. The van der Waals surface area contributed by atoms with Gasteiger partial charge in [0.25, 0.3) is 0 Å². The molecule has 2 aliphatic rings. The van der Waals surface area contributed by atoms with Crippen LogP contribution in [-0.2, 0) is 19.1 Å². The lowest BCUT2D eigenvalue weighted by atomic mass is 9.81. The van der Waals surface area contributed by atoms with E-state index in [2.05, 4.69) is 47.8 Å². The number of ketones is 1. The molecule has 4 atom stereocenters. The fourth-order valence-corrected chi connectivity index (χ4v) is 5.85. The third-order valence-electron chi connectivity index (χ3n) is 6.37. The van der Waals surface area contributed by atoms with E-state index in [1.807, 2.05) is 0 Å². The smallest absolute Gasteiger partial charge is 0.343 e. The van der Waals surface area contributed by atoms with Gasteiger partial charge in [-0.25, -0.2) is 4.79 Å². The lowest BCUT2D eigenvalue weighted by molar-refractivity contribution is -0.145. The Labute approximate surface area is 238 Å². The van der Waals surface area contributed by atoms with Crippen LogP contribution in [0.2, 0.25) is 0 Å². The molecule has 1 saturated carbocycles. The van der Waals surface area contributed by atoms with Gasteiger partial charge in [0.2, 0.25) is 11.8 Å². The van der Waals surface area contributed by atoms with Gasteiger partial charge in [-0.05, 0) is 61.4 Å². The highest BCUT2D eigenvalue weighted by atomic mass is 79.9. The molecule has 4 rings (SSSR count). The van der Waals surface area contributed by atoms with E-state index in [-0.39, 0.29) is 57.6 Å². The molecule has 1 saturated heterocycles. The first kappa shape index (κ1) is 27.7. The van der Waals surface area contributed by atoms with Crippen LogP contribution in [0.4, 0.5) is 0 Å². The van der Waals surface area contributed by atoms with Gasteiger partial charge in [0, 0.05) is 26.2 Å². The van der Waals surface area contributed by atoms with E-state index in [0.29, 0.717) is 18.4 Å². The maximum absolute atomic E-state index is 12.7. The number of fused-ring (bicyclic) bond motifs is 1. The zero-order chi connectivity index (χ0) is 26.7. The number of imide groups is 1. The molecule has 0 bridgehead atoms. The molecule has 37 heavy (non-hydrogen) atoms. The highest BCUT2D eigenvalue weighted by Crippen LogP contribution is 2.43. The Morgan fingerprint density at radius 3 is 1.95 bits per heavy atom. The van der Waals surface area contributed by atoms with Crippen molar-refractivity contribution < 1.29 is 33.4 Å². The number of amides is 2. The van der Waals surface area contributed by atoms with Crippen molar-refractivity contribution in [3.8, 4) is 5.75 Å². The summed E-state index contributed by atoms with van der Waals surface area (Å²) in [6.07, 6.45) is 0.927. The number of esters is 2. The van der Waals surface area contributed by atoms with Crippen molar-refractivity contribution in [1.29, 1.82) is 0 Å². The van der Waals surface area contributed by atoms with E-state index < -0.39 is 24.3 Å². The number of Topliss-reactive ketones (excluding diaryl/α,β-unsaturated/α-hetero) is 1. The van der Waals surface area contributed by atoms with Crippen molar-refractivity contribution in [3.63, 3.8) is 0 Å². The third kappa shape index (κ3) is 6.56. The molecule has 1 aliphatic carbocycles. The second kappa shape index (κ2) is 12.0. The summed E-state index contributed by atoms with van der Waals surface area (Å²) in [5, 5.41) is 0. The van der Waals surface area contributed by atoms with E-state index in [1.54, 1.807) is 24.3 Å². The summed E-state index contributed by atoms with van der Waals surface area (Å²) in [5.74, 6) is -2.66. The average molecular weight is 700 g/mol. The van der Waals surface area contributed by atoms with E-state index in [0.717, 1.165) is 9.37 Å². The highest BCUT2D eigenvalue weighted by Gasteiger charge is 2.51. The van der Waals surface area contributed by atoms with Crippen molar-refractivity contribution in [1.82, 2.24) is 4.90 Å². The number of hydrogen-bond acceptors (Lipinski definition) is 7. The van der Waals surface area contributed by atoms with E-state index in [9.17, 15) is 24.0 Å². The summed E-state index contributed by atoms with van der Waals surface area (Å²) < 4.78 is 11.2. The van der Waals surface area contributed by atoms with Gasteiger partial charge in [-0.2, -0.15) is 0 Å². The number of carbonyl (C=O) groups is 5. The summed E-state index contributed by atoms with van der Waals surface area (Å²) in [6, 6.07) is 12.6. The molecular formula is C26H22Br3NO7. The monoisotopic (exact) mass is 697 g/mol. The Kier molecular flexibility index (Phi) is 8.97. The lowest BCUT2D eigenvalue weighted by Crippen LogP contribution is -2.34. The number of rotatable bonds is 8. The first-order chi connectivity index (χ1) is 17.6. The minimum absolute atomic E-state index is 0.0734. The summed E-state index contributed by atoms with van der Waals surface area (Å²) >= 11 is 10.4. The SMILES string of the molecule is O=C(CCN1C(=O)C2CC(Br)C(Br)CC2C1=O)OCC(=O)c1ccc(OC(=O)c2ccc(Br)cc2)cc1. The molecule has 8 nitrogen and oxygen atoms in total. The molecule has 0 spiro atoms. The van der Waals surface area contributed by atoms with Crippen LogP contribution in [0.15, 0.2) is 53.0 Å². The van der Waals surface area contributed by atoms with Crippen LogP contribution in [0.3, 0.4) is 0 Å². The summed E-state index contributed by atoms with van der Waals surface area (Å²) in [4.78, 5) is 63.5. The Morgan fingerprint density at radius 1 is 0.838 bits per heavy atom. The Hall–Kier alpha value is -2.37. The number of halogens is 3. The predicted molar refractivity (Wildman–Crippen MR) is 144 cm³/mol. The summed E-state index contributed by atoms with van der Waals surface area (Å²) in [7, 11) is 0. The van der Waals surface area contributed by atoms with Gasteiger partial charge in [0.1, 0.15) is 5.75 Å². The standard InChI is InChI=1S/C26H22Br3NO7/c27-16-5-1-15(2-6-16)26(35)37-17-7-3-14(4-8-17)22(31)13-36-23(32)9-10-30-24(33)18-11-20(28)21(29)12-19(18)25(30)34/h1-8,18-21H,9-13H2. The van der Waals surface area contributed by atoms with E-state index in [1.165, 1.54) is 24.3 Å². The fourth-order valence-electron chi connectivity index (χ4n) is 4.35. The van der Waals surface area contributed by atoms with Crippen molar-refractivity contribution in [2.24, 2.45) is 11.8 Å². The first-order valence-corrected chi connectivity index (χ1v) is 14.2. The normalized spacial score (nSPS) is 22.9. The minimum Gasteiger partial charge on any atom is -0.457 e. The van der Waals surface area contributed by atoms with Gasteiger partial charge in [0.05, 0.1) is 23.8 Å². The number of alkyl halides is 2. The molecule has 194 valence electrons. The molecule has 0 radical (unpaired) electrons. The van der Waals surface area contributed by atoms with Crippen LogP contribution < -0.4 is 4.74 Å². The van der Waals surface area contributed by atoms with Gasteiger partial charge >= 0.3 is 11.9 Å². The number of hydrogen-bond donors (Lipinski definition) is 0. The fraction of sp³-hybridized carbons (Fsp3) is 0.346. The van der Waals surface area contributed by atoms with Gasteiger partial charge in [-0.3, -0.25) is 24.1 Å². The molecule has 11 heteroatoms. The lowest BCUT2D eigenvalue weighted by Gasteiger charge is -2.29. The van der Waals surface area contributed by atoms with Crippen molar-refractivity contribution in [2.75, 3.05) is 13.2 Å².